The van der Waals surface area contributed by atoms with Crippen LogP contribution < -0.4 is 15.1 Å². The van der Waals surface area contributed by atoms with Gasteiger partial charge in [-0.25, -0.2) is 9.69 Å². The van der Waals surface area contributed by atoms with E-state index in [1.165, 1.54) is 0 Å². The van der Waals surface area contributed by atoms with E-state index in [0.29, 0.717) is 10.7 Å². The third-order valence-corrected chi connectivity index (χ3v) is 6.34. The summed E-state index contributed by atoms with van der Waals surface area (Å²) in [4.78, 5) is 42.7. The van der Waals surface area contributed by atoms with E-state index in [1.807, 2.05) is 24.3 Å². The first-order chi connectivity index (χ1) is 13.5. The zero-order chi connectivity index (χ0) is 19.5. The second kappa shape index (κ2) is 6.07. The fourth-order valence-electron chi connectivity index (χ4n) is 4.85. The highest BCUT2D eigenvalue weighted by Gasteiger charge is 2.62. The monoisotopic (exact) mass is 395 g/mol. The van der Waals surface area contributed by atoms with Crippen molar-refractivity contribution in [1.29, 1.82) is 0 Å². The smallest absolute Gasteiger partial charge is 0.335 e. The molecule has 2 aromatic rings. The fraction of sp³-hybridized carbons (Fsp3) is 0.286. The maximum Gasteiger partial charge on any atom is 0.335 e. The number of nitrogens with one attached hydrogen (secondary N) is 1. The molecule has 5 rings (SSSR count). The van der Waals surface area contributed by atoms with Gasteiger partial charge < -0.3 is 4.90 Å². The van der Waals surface area contributed by atoms with Crippen molar-refractivity contribution in [2.75, 3.05) is 16.3 Å². The van der Waals surface area contributed by atoms with Gasteiger partial charge in [-0.15, -0.1) is 0 Å². The van der Waals surface area contributed by atoms with E-state index in [9.17, 15) is 14.4 Å². The van der Waals surface area contributed by atoms with Crippen molar-refractivity contribution in [3.8, 4) is 0 Å². The summed E-state index contributed by atoms with van der Waals surface area (Å²) < 4.78 is 0. The van der Waals surface area contributed by atoms with E-state index in [0.717, 1.165) is 35.5 Å². The van der Waals surface area contributed by atoms with Crippen molar-refractivity contribution < 1.29 is 14.4 Å². The van der Waals surface area contributed by atoms with Gasteiger partial charge in [0, 0.05) is 17.3 Å². The number of hydrogen-bond acceptors (Lipinski definition) is 4. The number of carbonyl (C=O) groups is 3. The molecule has 0 saturated carbocycles. The van der Waals surface area contributed by atoms with Crippen LogP contribution in [0.25, 0.3) is 0 Å². The SMILES string of the molecule is O=C1NC(=O)[C@@]2(Cc3ccccc3N3CCC[C@@H]32)C(=O)N1c1ccc(Cl)cc1. The summed E-state index contributed by atoms with van der Waals surface area (Å²) in [6.07, 6.45) is 1.92. The van der Waals surface area contributed by atoms with Crippen LogP contribution in [-0.4, -0.2) is 30.4 Å². The lowest BCUT2D eigenvalue weighted by molar-refractivity contribution is -0.144. The topological polar surface area (TPSA) is 69.7 Å². The van der Waals surface area contributed by atoms with Gasteiger partial charge in [-0.1, -0.05) is 29.8 Å². The number of nitrogens with zero attached hydrogens (tertiary/aromatic N) is 2. The van der Waals surface area contributed by atoms with Gasteiger partial charge in [-0.3, -0.25) is 14.9 Å². The molecule has 0 aliphatic carbocycles. The standard InChI is InChI=1S/C21H18ClN3O3/c22-14-7-9-15(10-8-14)25-19(27)21(18(26)23-20(25)28)12-13-4-1-2-5-16(13)24-11-3-6-17(21)24/h1-2,4-5,7-10,17H,3,6,11-12H2,(H,23,26,28)/t17-,21+/m1/s1. The molecule has 7 heteroatoms. The Bertz CT molecular complexity index is 1010. The number of urea groups is 1. The number of hydrogen-bond donors (Lipinski definition) is 1. The second-order valence-electron chi connectivity index (χ2n) is 7.50. The lowest BCUT2D eigenvalue weighted by Crippen LogP contribution is -2.71. The van der Waals surface area contributed by atoms with Crippen LogP contribution in [0.2, 0.25) is 5.02 Å². The number of para-hydroxylation sites is 1. The number of barbiturate groups is 1. The Morgan fingerprint density at radius 1 is 1.04 bits per heavy atom. The summed E-state index contributed by atoms with van der Waals surface area (Å²) in [6.45, 7) is 0.791. The average Bonchev–Trinajstić information content (AvgIpc) is 3.18. The van der Waals surface area contributed by atoms with Crippen LogP contribution in [0.15, 0.2) is 48.5 Å². The van der Waals surface area contributed by atoms with Gasteiger partial charge in [0.25, 0.3) is 5.91 Å². The lowest BCUT2D eigenvalue weighted by atomic mass is 9.68. The minimum absolute atomic E-state index is 0.266. The predicted octanol–water partition coefficient (Wildman–Crippen LogP) is 3.13. The zero-order valence-corrected chi connectivity index (χ0v) is 15.8. The minimum atomic E-state index is -1.32. The van der Waals surface area contributed by atoms with Crippen LogP contribution in [0, 0.1) is 5.41 Å². The van der Waals surface area contributed by atoms with Crippen LogP contribution in [0.5, 0.6) is 0 Å². The van der Waals surface area contributed by atoms with Crippen LogP contribution in [0.1, 0.15) is 18.4 Å². The maximum absolute atomic E-state index is 13.7. The fourth-order valence-corrected chi connectivity index (χ4v) is 4.98. The highest BCUT2D eigenvalue weighted by atomic mass is 35.5. The van der Waals surface area contributed by atoms with Crippen LogP contribution in [-0.2, 0) is 16.0 Å². The number of carbonyl (C=O) groups excluding carboxylic acids is 3. The van der Waals surface area contributed by atoms with Gasteiger partial charge >= 0.3 is 6.03 Å². The number of fused-ring (bicyclic) bond motifs is 4. The molecule has 3 aliphatic rings. The van der Waals surface area contributed by atoms with Crippen LogP contribution in [0.3, 0.4) is 0 Å². The van der Waals surface area contributed by atoms with Gasteiger partial charge in [0.15, 0.2) is 5.41 Å². The number of imide groups is 2. The Morgan fingerprint density at radius 3 is 2.57 bits per heavy atom. The third kappa shape index (κ3) is 2.24. The molecule has 3 aliphatic heterocycles. The molecule has 6 nitrogen and oxygen atoms in total. The maximum atomic E-state index is 13.7. The molecule has 1 N–H and O–H groups in total. The van der Waals surface area contributed by atoms with Crippen molar-refractivity contribution in [3.63, 3.8) is 0 Å². The minimum Gasteiger partial charge on any atom is -0.367 e. The molecule has 0 aromatic heterocycles. The molecule has 142 valence electrons. The Hall–Kier alpha value is -2.86. The normalized spacial score (nSPS) is 26.3. The van der Waals surface area contributed by atoms with Gasteiger partial charge in [-0.2, -0.15) is 0 Å². The molecule has 2 aromatic carbocycles. The van der Waals surface area contributed by atoms with Crippen LogP contribution in [0.4, 0.5) is 16.2 Å². The summed E-state index contributed by atoms with van der Waals surface area (Å²) >= 11 is 5.95. The Morgan fingerprint density at radius 2 is 1.79 bits per heavy atom. The molecule has 3 heterocycles. The quantitative estimate of drug-likeness (QED) is 0.753. The Labute approximate surface area is 167 Å². The number of halogens is 1. The van der Waals surface area contributed by atoms with Crippen molar-refractivity contribution in [1.82, 2.24) is 5.32 Å². The van der Waals surface area contributed by atoms with Crippen molar-refractivity contribution in [3.05, 3.63) is 59.1 Å². The average molecular weight is 396 g/mol. The number of anilines is 2. The first kappa shape index (κ1) is 17.3. The first-order valence-corrected chi connectivity index (χ1v) is 9.70. The summed E-state index contributed by atoms with van der Waals surface area (Å²) in [5.41, 5.74) is 1.11. The highest BCUT2D eigenvalue weighted by Crippen LogP contribution is 2.48. The summed E-state index contributed by atoms with van der Waals surface area (Å²) in [6, 6.07) is 13.4. The van der Waals surface area contributed by atoms with Gasteiger partial charge in [-0.05, 0) is 55.2 Å². The molecule has 0 unspecified atom stereocenters. The summed E-state index contributed by atoms with van der Waals surface area (Å²) in [5, 5.41) is 2.95. The molecule has 1 spiro atoms. The zero-order valence-electron chi connectivity index (χ0n) is 15.0. The number of amides is 4. The number of rotatable bonds is 1. The molecule has 0 radical (unpaired) electrons. The van der Waals surface area contributed by atoms with E-state index in [1.54, 1.807) is 24.3 Å². The van der Waals surface area contributed by atoms with Crippen molar-refractivity contribution >= 4 is 40.8 Å². The third-order valence-electron chi connectivity index (χ3n) is 6.09. The first-order valence-electron chi connectivity index (χ1n) is 9.32. The largest absolute Gasteiger partial charge is 0.367 e. The Balaban J connectivity index is 1.65. The van der Waals surface area contributed by atoms with Crippen molar-refractivity contribution in [2.45, 2.75) is 25.3 Å². The van der Waals surface area contributed by atoms with E-state index in [2.05, 4.69) is 10.2 Å². The van der Waals surface area contributed by atoms with Crippen LogP contribution >= 0.6 is 11.6 Å². The van der Waals surface area contributed by atoms with E-state index >= 15 is 0 Å². The molecule has 2 atom stereocenters. The molecule has 0 bridgehead atoms. The van der Waals surface area contributed by atoms with E-state index in [-0.39, 0.29) is 12.5 Å². The summed E-state index contributed by atoms with van der Waals surface area (Å²) in [7, 11) is 0. The van der Waals surface area contributed by atoms with Gasteiger partial charge in [0.1, 0.15) is 0 Å². The molecule has 4 amide bonds. The van der Waals surface area contributed by atoms with Crippen molar-refractivity contribution in [2.24, 2.45) is 5.41 Å². The predicted molar refractivity (Wildman–Crippen MR) is 105 cm³/mol. The molecule has 28 heavy (non-hydrogen) atoms. The second-order valence-corrected chi connectivity index (χ2v) is 7.94. The van der Waals surface area contributed by atoms with E-state index in [4.69, 9.17) is 11.6 Å². The van der Waals surface area contributed by atoms with Gasteiger partial charge in [0.2, 0.25) is 5.91 Å². The Kier molecular flexibility index (Phi) is 3.74. The molecule has 2 fully saturated rings. The molecular weight excluding hydrogens is 378 g/mol. The highest BCUT2D eigenvalue weighted by molar-refractivity contribution is 6.32. The molecule has 2 saturated heterocycles. The number of benzene rings is 2. The van der Waals surface area contributed by atoms with Gasteiger partial charge in [0.05, 0.1) is 11.7 Å². The van der Waals surface area contributed by atoms with E-state index < -0.39 is 23.3 Å². The molecular formula is C21H18ClN3O3. The summed E-state index contributed by atoms with van der Waals surface area (Å²) in [5.74, 6) is -0.964. The lowest BCUT2D eigenvalue weighted by Gasteiger charge is -2.49.